The van der Waals surface area contributed by atoms with Gasteiger partial charge in [0.2, 0.25) is 11.8 Å². The number of nitrogens with one attached hydrogen (secondary N) is 2. The van der Waals surface area contributed by atoms with Crippen LogP contribution in [0.4, 0.5) is 5.69 Å². The summed E-state index contributed by atoms with van der Waals surface area (Å²) < 4.78 is 6.07. The van der Waals surface area contributed by atoms with Crippen LogP contribution in [0.1, 0.15) is 12.0 Å². The van der Waals surface area contributed by atoms with E-state index < -0.39 is 0 Å². The zero-order valence-electron chi connectivity index (χ0n) is 13.3. The molecule has 0 aliphatic rings. The molecule has 6 heteroatoms. The topological polar surface area (TPSA) is 67.4 Å². The van der Waals surface area contributed by atoms with Crippen LogP contribution in [0.25, 0.3) is 0 Å². The Balaban J connectivity index is 1.71. The van der Waals surface area contributed by atoms with Gasteiger partial charge in [0.05, 0.1) is 13.5 Å². The van der Waals surface area contributed by atoms with Crippen molar-refractivity contribution in [2.24, 2.45) is 0 Å². The highest BCUT2D eigenvalue weighted by molar-refractivity contribution is 9.10. The molecule has 2 rings (SSSR count). The smallest absolute Gasteiger partial charge is 0.226 e. The molecular weight excluding hydrogens is 372 g/mol. The zero-order chi connectivity index (χ0) is 17.4. The van der Waals surface area contributed by atoms with Crippen molar-refractivity contribution in [2.75, 3.05) is 19.0 Å². The Kier molecular flexibility index (Phi) is 6.81. The lowest BCUT2D eigenvalue weighted by Gasteiger charge is -2.08. The van der Waals surface area contributed by atoms with Crippen molar-refractivity contribution in [3.8, 4) is 5.75 Å². The number of anilines is 1. The first-order chi connectivity index (χ1) is 11.6. The quantitative estimate of drug-likeness (QED) is 0.762. The number of hydrogen-bond acceptors (Lipinski definition) is 3. The van der Waals surface area contributed by atoms with Crippen molar-refractivity contribution < 1.29 is 14.3 Å². The van der Waals surface area contributed by atoms with E-state index >= 15 is 0 Å². The summed E-state index contributed by atoms with van der Waals surface area (Å²) >= 11 is 3.34. The molecule has 0 radical (unpaired) electrons. The molecule has 0 spiro atoms. The second-order valence-electron chi connectivity index (χ2n) is 5.18. The maximum absolute atomic E-state index is 11.9. The van der Waals surface area contributed by atoms with Gasteiger partial charge in [-0.25, -0.2) is 0 Å². The molecule has 0 saturated carbocycles. The average Bonchev–Trinajstić information content (AvgIpc) is 2.57. The summed E-state index contributed by atoms with van der Waals surface area (Å²) in [6.45, 7) is 0.297. The minimum Gasteiger partial charge on any atom is -0.497 e. The average molecular weight is 391 g/mol. The van der Waals surface area contributed by atoms with Gasteiger partial charge >= 0.3 is 0 Å². The second-order valence-corrected chi connectivity index (χ2v) is 6.10. The Labute approximate surface area is 149 Å². The van der Waals surface area contributed by atoms with Crippen molar-refractivity contribution in [1.29, 1.82) is 0 Å². The number of halogens is 1. The van der Waals surface area contributed by atoms with E-state index in [-0.39, 0.29) is 24.7 Å². The summed E-state index contributed by atoms with van der Waals surface area (Å²) in [5, 5.41) is 5.53. The first-order valence-electron chi connectivity index (χ1n) is 7.52. The van der Waals surface area contributed by atoms with Gasteiger partial charge in [-0.15, -0.1) is 0 Å². The number of amides is 2. The standard InChI is InChI=1S/C18H19BrN2O3/c1-24-16-4-2-3-13(11-16)12-18(23)20-10-9-17(22)21-15-7-5-14(19)6-8-15/h2-8,11H,9-10,12H2,1H3,(H,20,23)(H,21,22). The molecule has 0 heterocycles. The van der Waals surface area contributed by atoms with Crippen LogP contribution in [0, 0.1) is 0 Å². The SMILES string of the molecule is COc1cccc(CC(=O)NCCC(=O)Nc2ccc(Br)cc2)c1. The summed E-state index contributed by atoms with van der Waals surface area (Å²) in [4.78, 5) is 23.7. The lowest BCUT2D eigenvalue weighted by molar-refractivity contribution is -0.120. The number of ether oxygens (including phenoxy) is 1. The summed E-state index contributed by atoms with van der Waals surface area (Å²) in [6, 6.07) is 14.7. The van der Waals surface area contributed by atoms with Crippen molar-refractivity contribution in [2.45, 2.75) is 12.8 Å². The van der Waals surface area contributed by atoms with E-state index in [2.05, 4.69) is 26.6 Å². The van der Waals surface area contributed by atoms with Gasteiger partial charge in [0.1, 0.15) is 5.75 Å². The molecule has 0 bridgehead atoms. The molecule has 0 fully saturated rings. The van der Waals surface area contributed by atoms with E-state index in [0.717, 1.165) is 15.7 Å². The fourth-order valence-electron chi connectivity index (χ4n) is 2.10. The Morgan fingerprint density at radius 3 is 2.54 bits per heavy atom. The van der Waals surface area contributed by atoms with E-state index in [1.807, 2.05) is 48.5 Å². The van der Waals surface area contributed by atoms with Crippen LogP contribution in [-0.2, 0) is 16.0 Å². The molecule has 2 aromatic rings. The van der Waals surface area contributed by atoms with Gasteiger partial charge in [0.25, 0.3) is 0 Å². The van der Waals surface area contributed by atoms with Crippen molar-refractivity contribution >= 4 is 33.4 Å². The van der Waals surface area contributed by atoms with E-state index in [4.69, 9.17) is 4.74 Å². The molecule has 0 unspecified atom stereocenters. The summed E-state index contributed by atoms with van der Waals surface area (Å²) in [5.41, 5.74) is 1.59. The Bertz CT molecular complexity index is 702. The number of methoxy groups -OCH3 is 1. The van der Waals surface area contributed by atoms with E-state index in [9.17, 15) is 9.59 Å². The third kappa shape index (κ3) is 6.04. The van der Waals surface area contributed by atoms with Crippen molar-refractivity contribution in [1.82, 2.24) is 5.32 Å². The van der Waals surface area contributed by atoms with E-state index in [1.165, 1.54) is 0 Å². The minimum atomic E-state index is -0.140. The summed E-state index contributed by atoms with van der Waals surface area (Å²) in [5.74, 6) is 0.452. The van der Waals surface area contributed by atoms with Gasteiger partial charge in [-0.3, -0.25) is 9.59 Å². The Hall–Kier alpha value is -2.34. The van der Waals surface area contributed by atoms with Gasteiger partial charge < -0.3 is 15.4 Å². The second kappa shape index (κ2) is 9.08. The molecule has 126 valence electrons. The van der Waals surface area contributed by atoms with Crippen LogP contribution in [0.3, 0.4) is 0 Å². The normalized spacial score (nSPS) is 10.1. The molecule has 2 aromatic carbocycles. The third-order valence-electron chi connectivity index (χ3n) is 3.30. The molecule has 2 amide bonds. The molecule has 0 saturated heterocycles. The van der Waals surface area contributed by atoms with Gasteiger partial charge in [0, 0.05) is 23.1 Å². The number of rotatable bonds is 7. The monoisotopic (exact) mass is 390 g/mol. The Morgan fingerprint density at radius 2 is 1.83 bits per heavy atom. The van der Waals surface area contributed by atoms with Gasteiger partial charge in [-0.1, -0.05) is 28.1 Å². The van der Waals surface area contributed by atoms with Crippen molar-refractivity contribution in [3.63, 3.8) is 0 Å². The van der Waals surface area contributed by atoms with Crippen LogP contribution in [0.5, 0.6) is 5.75 Å². The maximum Gasteiger partial charge on any atom is 0.226 e. The first-order valence-corrected chi connectivity index (χ1v) is 8.31. The number of carbonyl (C=O) groups is 2. The number of carbonyl (C=O) groups excluding carboxylic acids is 2. The van der Waals surface area contributed by atoms with E-state index in [1.54, 1.807) is 7.11 Å². The highest BCUT2D eigenvalue weighted by Crippen LogP contribution is 2.14. The van der Waals surface area contributed by atoms with Gasteiger partial charge in [0.15, 0.2) is 0 Å². The highest BCUT2D eigenvalue weighted by Gasteiger charge is 2.06. The van der Waals surface area contributed by atoms with Crippen LogP contribution in [0.15, 0.2) is 53.0 Å². The fraction of sp³-hybridized carbons (Fsp3) is 0.222. The highest BCUT2D eigenvalue weighted by atomic mass is 79.9. The molecule has 0 aliphatic carbocycles. The van der Waals surface area contributed by atoms with Crippen LogP contribution in [-0.4, -0.2) is 25.5 Å². The molecule has 24 heavy (non-hydrogen) atoms. The fourth-order valence-corrected chi connectivity index (χ4v) is 2.37. The number of benzene rings is 2. The third-order valence-corrected chi connectivity index (χ3v) is 3.83. The predicted octanol–water partition coefficient (Wildman–Crippen LogP) is 3.15. The lowest BCUT2D eigenvalue weighted by Crippen LogP contribution is -2.28. The molecule has 0 aromatic heterocycles. The first kappa shape index (κ1) is 18.0. The molecule has 5 nitrogen and oxygen atoms in total. The lowest BCUT2D eigenvalue weighted by atomic mass is 10.1. The maximum atomic E-state index is 11.9. The molecule has 0 aliphatic heterocycles. The summed E-state index contributed by atoms with van der Waals surface area (Å²) in [6.07, 6.45) is 0.478. The Morgan fingerprint density at radius 1 is 1.08 bits per heavy atom. The largest absolute Gasteiger partial charge is 0.497 e. The van der Waals surface area contributed by atoms with Gasteiger partial charge in [-0.05, 0) is 42.0 Å². The van der Waals surface area contributed by atoms with Gasteiger partial charge in [-0.2, -0.15) is 0 Å². The minimum absolute atomic E-state index is 0.125. The van der Waals surface area contributed by atoms with Crippen molar-refractivity contribution in [3.05, 3.63) is 58.6 Å². The zero-order valence-corrected chi connectivity index (χ0v) is 14.9. The molecule has 2 N–H and O–H groups in total. The summed E-state index contributed by atoms with van der Waals surface area (Å²) in [7, 11) is 1.59. The van der Waals surface area contributed by atoms with E-state index in [0.29, 0.717) is 12.3 Å². The number of hydrogen-bond donors (Lipinski definition) is 2. The molecular formula is C18H19BrN2O3. The molecule has 0 atom stereocenters. The van der Waals surface area contributed by atoms with Crippen LogP contribution < -0.4 is 15.4 Å². The predicted molar refractivity (Wildman–Crippen MR) is 97.1 cm³/mol. The van der Waals surface area contributed by atoms with Crippen LogP contribution in [0.2, 0.25) is 0 Å². The van der Waals surface area contributed by atoms with Crippen LogP contribution >= 0.6 is 15.9 Å².